The van der Waals surface area contributed by atoms with Crippen LogP contribution in [0.3, 0.4) is 0 Å². The molecule has 1 aromatic rings. The first-order chi connectivity index (χ1) is 5.65. The van der Waals surface area contributed by atoms with Crippen molar-refractivity contribution in [2.75, 3.05) is 7.11 Å². The van der Waals surface area contributed by atoms with Gasteiger partial charge in [0.15, 0.2) is 0 Å². The van der Waals surface area contributed by atoms with Crippen molar-refractivity contribution in [1.29, 1.82) is 0 Å². The average molecular weight is 250 g/mol. The van der Waals surface area contributed by atoms with Crippen molar-refractivity contribution in [3.05, 3.63) is 28.2 Å². The van der Waals surface area contributed by atoms with Crippen LogP contribution in [0.4, 0.5) is 0 Å². The number of alkyl halides is 1. The lowest BCUT2D eigenvalue weighted by molar-refractivity contribution is 0.411. The summed E-state index contributed by atoms with van der Waals surface area (Å²) in [5, 5.41) is 0.0204. The van der Waals surface area contributed by atoms with Gasteiger partial charge in [0.1, 0.15) is 5.75 Å². The van der Waals surface area contributed by atoms with E-state index in [1.54, 1.807) is 7.11 Å². The SMILES string of the molecule is COc1cc(C(C)Cl)ccc1Br. The van der Waals surface area contributed by atoms with E-state index in [2.05, 4.69) is 15.9 Å². The molecular formula is C9H10BrClO. The van der Waals surface area contributed by atoms with Gasteiger partial charge >= 0.3 is 0 Å². The Bertz CT molecular complexity index is 273. The summed E-state index contributed by atoms with van der Waals surface area (Å²) >= 11 is 9.29. The molecule has 0 saturated heterocycles. The van der Waals surface area contributed by atoms with E-state index in [1.165, 1.54) is 0 Å². The molecule has 1 unspecified atom stereocenters. The maximum Gasteiger partial charge on any atom is 0.133 e. The maximum atomic E-state index is 5.91. The quantitative estimate of drug-likeness (QED) is 0.725. The highest BCUT2D eigenvalue weighted by molar-refractivity contribution is 9.10. The lowest BCUT2D eigenvalue weighted by atomic mass is 10.1. The van der Waals surface area contributed by atoms with Gasteiger partial charge in [-0.05, 0) is 40.5 Å². The molecule has 1 nitrogen and oxygen atoms in total. The van der Waals surface area contributed by atoms with Crippen LogP contribution in [-0.2, 0) is 0 Å². The topological polar surface area (TPSA) is 9.23 Å². The summed E-state index contributed by atoms with van der Waals surface area (Å²) in [4.78, 5) is 0. The first-order valence-corrected chi connectivity index (χ1v) is 4.85. The van der Waals surface area contributed by atoms with Crippen molar-refractivity contribution in [3.63, 3.8) is 0 Å². The monoisotopic (exact) mass is 248 g/mol. The van der Waals surface area contributed by atoms with Crippen LogP contribution < -0.4 is 4.74 Å². The van der Waals surface area contributed by atoms with E-state index in [9.17, 15) is 0 Å². The highest BCUT2D eigenvalue weighted by atomic mass is 79.9. The Morgan fingerprint density at radius 3 is 2.67 bits per heavy atom. The largest absolute Gasteiger partial charge is 0.496 e. The van der Waals surface area contributed by atoms with Gasteiger partial charge in [-0.1, -0.05) is 6.07 Å². The van der Waals surface area contributed by atoms with Crippen molar-refractivity contribution in [2.24, 2.45) is 0 Å². The summed E-state index contributed by atoms with van der Waals surface area (Å²) in [7, 11) is 1.64. The highest BCUT2D eigenvalue weighted by Crippen LogP contribution is 2.29. The molecule has 0 aliphatic carbocycles. The van der Waals surface area contributed by atoms with Crippen molar-refractivity contribution < 1.29 is 4.74 Å². The summed E-state index contributed by atoms with van der Waals surface area (Å²) in [5.74, 6) is 0.819. The van der Waals surface area contributed by atoms with E-state index in [1.807, 2.05) is 25.1 Å². The zero-order valence-electron chi connectivity index (χ0n) is 6.97. The molecule has 1 aromatic carbocycles. The van der Waals surface area contributed by atoms with Crippen LogP contribution in [0.1, 0.15) is 17.9 Å². The van der Waals surface area contributed by atoms with Crippen LogP contribution in [0.2, 0.25) is 0 Å². The number of benzene rings is 1. The standard InChI is InChI=1S/C9H10BrClO/c1-6(11)7-3-4-8(10)9(5-7)12-2/h3-6H,1-2H3. The lowest BCUT2D eigenvalue weighted by Gasteiger charge is -2.07. The third kappa shape index (κ3) is 2.14. The summed E-state index contributed by atoms with van der Waals surface area (Å²) in [5.41, 5.74) is 1.07. The second kappa shape index (κ2) is 4.15. The fraction of sp³-hybridized carbons (Fsp3) is 0.333. The van der Waals surface area contributed by atoms with Crippen LogP contribution in [0.25, 0.3) is 0 Å². The summed E-state index contributed by atoms with van der Waals surface area (Å²) in [6, 6.07) is 5.85. The summed E-state index contributed by atoms with van der Waals surface area (Å²) < 4.78 is 6.08. The molecule has 0 spiro atoms. The van der Waals surface area contributed by atoms with E-state index < -0.39 is 0 Å². The molecule has 12 heavy (non-hydrogen) atoms. The van der Waals surface area contributed by atoms with Gasteiger partial charge in [0.25, 0.3) is 0 Å². The molecule has 1 atom stereocenters. The number of hydrogen-bond acceptors (Lipinski definition) is 1. The number of ether oxygens (including phenoxy) is 1. The third-order valence-electron chi connectivity index (χ3n) is 1.63. The van der Waals surface area contributed by atoms with Crippen LogP contribution in [-0.4, -0.2) is 7.11 Å². The molecule has 0 fully saturated rings. The molecule has 0 aliphatic heterocycles. The second-order valence-corrected chi connectivity index (χ2v) is 4.02. The van der Waals surface area contributed by atoms with Gasteiger partial charge in [0.2, 0.25) is 0 Å². The minimum absolute atomic E-state index is 0.0204. The van der Waals surface area contributed by atoms with Crippen molar-refractivity contribution in [2.45, 2.75) is 12.3 Å². The van der Waals surface area contributed by atoms with Gasteiger partial charge in [-0.15, -0.1) is 11.6 Å². The maximum absolute atomic E-state index is 5.91. The molecule has 0 saturated carbocycles. The normalized spacial score (nSPS) is 12.7. The van der Waals surface area contributed by atoms with Gasteiger partial charge in [0.05, 0.1) is 17.0 Å². The Balaban J connectivity index is 3.05. The van der Waals surface area contributed by atoms with Gasteiger partial charge in [-0.3, -0.25) is 0 Å². The minimum Gasteiger partial charge on any atom is -0.496 e. The number of methoxy groups -OCH3 is 1. The van der Waals surface area contributed by atoms with E-state index in [0.29, 0.717) is 0 Å². The average Bonchev–Trinajstić information content (AvgIpc) is 2.05. The van der Waals surface area contributed by atoms with Gasteiger partial charge in [-0.25, -0.2) is 0 Å². The van der Waals surface area contributed by atoms with E-state index in [0.717, 1.165) is 15.8 Å². The molecule has 0 heterocycles. The minimum atomic E-state index is 0.0204. The molecule has 1 rings (SSSR count). The molecular weight excluding hydrogens is 239 g/mol. The lowest BCUT2D eigenvalue weighted by Crippen LogP contribution is -1.88. The fourth-order valence-electron chi connectivity index (χ4n) is 0.924. The number of halogens is 2. The molecule has 0 aliphatic rings. The Morgan fingerprint density at radius 2 is 2.17 bits per heavy atom. The second-order valence-electron chi connectivity index (χ2n) is 2.51. The molecule has 3 heteroatoms. The first-order valence-electron chi connectivity index (χ1n) is 3.62. The Hall–Kier alpha value is -0.210. The van der Waals surface area contributed by atoms with Crippen LogP contribution in [0.15, 0.2) is 22.7 Å². The zero-order valence-corrected chi connectivity index (χ0v) is 9.32. The summed E-state index contributed by atoms with van der Waals surface area (Å²) in [6.45, 7) is 1.93. The Morgan fingerprint density at radius 1 is 1.50 bits per heavy atom. The van der Waals surface area contributed by atoms with Gasteiger partial charge in [0, 0.05) is 0 Å². The molecule has 0 bridgehead atoms. The zero-order chi connectivity index (χ0) is 9.14. The van der Waals surface area contributed by atoms with Crippen LogP contribution in [0.5, 0.6) is 5.75 Å². The predicted octanol–water partition coefficient (Wildman–Crippen LogP) is 3.76. The van der Waals surface area contributed by atoms with E-state index >= 15 is 0 Å². The summed E-state index contributed by atoms with van der Waals surface area (Å²) in [6.07, 6.45) is 0. The van der Waals surface area contributed by atoms with E-state index in [-0.39, 0.29) is 5.38 Å². The van der Waals surface area contributed by atoms with E-state index in [4.69, 9.17) is 16.3 Å². The third-order valence-corrected chi connectivity index (χ3v) is 2.54. The Kier molecular flexibility index (Phi) is 3.41. The molecule has 66 valence electrons. The number of hydrogen-bond donors (Lipinski definition) is 0. The smallest absolute Gasteiger partial charge is 0.133 e. The van der Waals surface area contributed by atoms with Crippen molar-refractivity contribution in [3.8, 4) is 5.75 Å². The Labute approximate surface area is 85.8 Å². The molecule has 0 radical (unpaired) electrons. The van der Waals surface area contributed by atoms with Gasteiger partial charge in [-0.2, -0.15) is 0 Å². The molecule has 0 aromatic heterocycles. The van der Waals surface area contributed by atoms with Crippen LogP contribution >= 0.6 is 27.5 Å². The van der Waals surface area contributed by atoms with Gasteiger partial charge < -0.3 is 4.74 Å². The number of rotatable bonds is 2. The first kappa shape index (κ1) is 9.87. The highest BCUT2D eigenvalue weighted by Gasteiger charge is 2.04. The van der Waals surface area contributed by atoms with Crippen LogP contribution in [0, 0.1) is 0 Å². The molecule has 0 amide bonds. The van der Waals surface area contributed by atoms with Crippen molar-refractivity contribution >= 4 is 27.5 Å². The molecule has 0 N–H and O–H groups in total. The van der Waals surface area contributed by atoms with Crippen molar-refractivity contribution in [1.82, 2.24) is 0 Å². The fourth-order valence-corrected chi connectivity index (χ4v) is 1.47. The predicted molar refractivity (Wildman–Crippen MR) is 55.0 cm³/mol.